The third-order valence-electron chi connectivity index (χ3n) is 3.87. The maximum Gasteiger partial charge on any atom is 0.538 e. The van der Waals surface area contributed by atoms with Crippen molar-refractivity contribution in [1.82, 2.24) is 5.32 Å². The largest absolute Gasteiger partial charge is 0.538 e. The van der Waals surface area contributed by atoms with Gasteiger partial charge in [0.05, 0.1) is 12.2 Å². The highest BCUT2D eigenvalue weighted by Gasteiger charge is 2.25. The minimum absolute atomic E-state index is 0.0500. The molecule has 0 radical (unpaired) electrons. The lowest BCUT2D eigenvalue weighted by atomic mass is 10.2. The Morgan fingerprint density at radius 2 is 1.27 bits per heavy atom. The fourth-order valence-electron chi connectivity index (χ4n) is 2.10. The quantitative estimate of drug-likeness (QED) is 0.185. The van der Waals surface area contributed by atoms with Gasteiger partial charge < -0.3 is 9.84 Å². The van der Waals surface area contributed by atoms with Crippen molar-refractivity contribution >= 4 is 13.7 Å². The van der Waals surface area contributed by atoms with Gasteiger partial charge in [-0.2, -0.15) is 0 Å². The first-order valence-corrected chi connectivity index (χ1v) is 13.3. The van der Waals surface area contributed by atoms with Crippen LogP contribution in [0.3, 0.4) is 0 Å². The minimum atomic E-state index is -3.78. The van der Waals surface area contributed by atoms with E-state index in [-0.39, 0.29) is 12.5 Å². The van der Waals surface area contributed by atoms with E-state index in [1.165, 1.54) is 14.0 Å². The Kier molecular flexibility index (Phi) is 22.1. The number of unbranched alkanes of at least 4 members (excludes halogenated alkanes) is 3. The van der Waals surface area contributed by atoms with Crippen LogP contribution in [0, 0.1) is 107 Å². The molecule has 1 atom stereocenters. The summed E-state index contributed by atoms with van der Waals surface area (Å²) in [6.07, 6.45) is 6.15. The average Bonchev–Trinajstić information content (AvgIpc) is 2.94. The lowest BCUT2D eigenvalue weighted by Crippen LogP contribution is -2.20. The van der Waals surface area contributed by atoms with Gasteiger partial charge in [0, 0.05) is 67.9 Å². The van der Waals surface area contributed by atoms with Crippen LogP contribution in [0.2, 0.25) is 0 Å². The molecular formula is C33H26NO5P. The maximum absolute atomic E-state index is 12.3. The standard InChI is InChI=1S/C33H26NO5P/c1-5-27-33(6-2)28-23-19-17-15-13-11-9-7-8-10-12-14-16-18-21-25-30-38-40(36,37-4)39-31-26-22-20-24-29-34-32(3)35/h1,6,20,22,24,26,29,31H2,2-4H3,(H,34,35). The smallest absolute Gasteiger partial charge is 0.356 e. The Bertz CT molecular complexity index is 1600. The predicted molar refractivity (Wildman–Crippen MR) is 155 cm³/mol. The molecule has 0 saturated heterocycles. The zero-order chi connectivity index (χ0) is 29.6. The van der Waals surface area contributed by atoms with Crippen LogP contribution in [0.1, 0.15) is 46.0 Å². The molecule has 0 heterocycles. The van der Waals surface area contributed by atoms with Crippen LogP contribution >= 0.6 is 7.82 Å². The first-order chi connectivity index (χ1) is 19.5. The summed E-state index contributed by atoms with van der Waals surface area (Å²) in [5.74, 6) is 42.7. The zero-order valence-electron chi connectivity index (χ0n) is 22.6. The molecular weight excluding hydrogens is 521 g/mol. The molecule has 198 valence electrons. The Labute approximate surface area is 238 Å². The van der Waals surface area contributed by atoms with E-state index >= 15 is 0 Å². The molecule has 0 rings (SSSR count). The zero-order valence-corrected chi connectivity index (χ0v) is 23.5. The highest BCUT2D eigenvalue weighted by molar-refractivity contribution is 7.48. The molecule has 1 N–H and O–H groups in total. The van der Waals surface area contributed by atoms with E-state index in [9.17, 15) is 9.36 Å². The molecule has 1 amide bonds. The summed E-state index contributed by atoms with van der Waals surface area (Å²) in [5.41, 5.74) is 6.10. The Hall–Kier alpha value is -5.24. The number of hydrogen-bond acceptors (Lipinski definition) is 5. The van der Waals surface area contributed by atoms with Crippen molar-refractivity contribution in [2.45, 2.75) is 46.0 Å². The van der Waals surface area contributed by atoms with Crippen LogP contribution in [-0.2, 0) is 22.9 Å². The van der Waals surface area contributed by atoms with E-state index < -0.39 is 7.82 Å². The van der Waals surface area contributed by atoms with Gasteiger partial charge in [-0.25, -0.2) is 4.57 Å². The normalized spacial score (nSPS) is 8.78. The van der Waals surface area contributed by atoms with Gasteiger partial charge in [0.25, 0.3) is 0 Å². The molecule has 0 aromatic heterocycles. The Morgan fingerprint density at radius 1 is 0.775 bits per heavy atom. The van der Waals surface area contributed by atoms with Crippen molar-refractivity contribution < 1.29 is 22.9 Å². The van der Waals surface area contributed by atoms with E-state index in [1.807, 2.05) is 6.92 Å². The van der Waals surface area contributed by atoms with E-state index in [0.29, 0.717) is 13.0 Å². The lowest BCUT2D eigenvalue weighted by molar-refractivity contribution is -0.118. The number of amides is 1. The van der Waals surface area contributed by atoms with E-state index in [4.69, 9.17) is 13.6 Å². The molecule has 6 nitrogen and oxygen atoms in total. The van der Waals surface area contributed by atoms with Gasteiger partial charge in [-0.15, -0.1) is 0 Å². The molecule has 0 aliphatic rings. The topological polar surface area (TPSA) is 73.9 Å². The molecule has 0 aromatic rings. The second-order valence-corrected chi connectivity index (χ2v) is 8.51. The van der Waals surface area contributed by atoms with E-state index in [1.54, 1.807) is 0 Å². The third kappa shape index (κ3) is 23.2. The summed E-state index contributed by atoms with van der Waals surface area (Å²) in [7, 11) is -2.58. The van der Waals surface area contributed by atoms with Crippen molar-refractivity contribution in [2.75, 3.05) is 20.3 Å². The second-order valence-electron chi connectivity index (χ2n) is 6.81. The van der Waals surface area contributed by atoms with E-state index in [0.717, 1.165) is 31.3 Å². The molecule has 0 spiro atoms. The van der Waals surface area contributed by atoms with Gasteiger partial charge in [-0.05, 0) is 79.1 Å². The summed E-state index contributed by atoms with van der Waals surface area (Å²) in [6.45, 7) is 7.69. The third-order valence-corrected chi connectivity index (χ3v) is 5.13. The van der Waals surface area contributed by atoms with Gasteiger partial charge in [0.2, 0.25) is 5.91 Å². The molecule has 1 unspecified atom stereocenters. The van der Waals surface area contributed by atoms with E-state index in [2.05, 4.69) is 130 Å². The van der Waals surface area contributed by atoms with Gasteiger partial charge in [-0.1, -0.05) is 31.2 Å². The summed E-state index contributed by atoms with van der Waals surface area (Å²) >= 11 is 0. The average molecular weight is 548 g/mol. The first kappa shape index (κ1) is 34.8. The van der Waals surface area contributed by atoms with Gasteiger partial charge in [0.15, 0.2) is 0 Å². The summed E-state index contributed by atoms with van der Waals surface area (Å²) in [4.78, 5) is 10.8. The number of carbonyl (C=O) groups excluding carboxylic acids is 1. The van der Waals surface area contributed by atoms with Crippen LogP contribution in [0.25, 0.3) is 0 Å². The second kappa shape index (κ2) is 25.4. The van der Waals surface area contributed by atoms with Crippen molar-refractivity contribution in [3.63, 3.8) is 0 Å². The van der Waals surface area contributed by atoms with Crippen LogP contribution in [0.4, 0.5) is 0 Å². The van der Waals surface area contributed by atoms with Crippen LogP contribution in [-0.4, -0.2) is 26.2 Å². The van der Waals surface area contributed by atoms with Crippen LogP contribution < -0.4 is 5.32 Å². The fourth-order valence-corrected chi connectivity index (χ4v) is 2.84. The summed E-state index contributed by atoms with van der Waals surface area (Å²) in [6, 6.07) is 0. The predicted octanol–water partition coefficient (Wildman–Crippen LogP) is 3.74. The van der Waals surface area contributed by atoms with Gasteiger partial charge in [-0.3, -0.25) is 13.8 Å². The van der Waals surface area contributed by atoms with Crippen molar-refractivity contribution in [3.8, 4) is 107 Å². The Balaban J connectivity index is 4.45. The molecule has 0 aromatic carbocycles. The number of hydrogen-bond donors (Lipinski definition) is 1. The number of allylic oxidation sites excluding steroid dienone is 1. The highest BCUT2D eigenvalue weighted by atomic mass is 31.2. The van der Waals surface area contributed by atoms with Gasteiger partial charge in [0.1, 0.15) is 6.11 Å². The molecule has 0 saturated carbocycles. The number of nitrogens with one attached hydrogen (secondary N) is 1. The lowest BCUT2D eigenvalue weighted by Gasteiger charge is -2.12. The molecule has 0 aliphatic carbocycles. The molecule has 7 heteroatoms. The van der Waals surface area contributed by atoms with Crippen molar-refractivity contribution in [1.29, 1.82) is 0 Å². The monoisotopic (exact) mass is 547 g/mol. The fraction of sp³-hybridized carbons (Fsp3) is 0.303. The van der Waals surface area contributed by atoms with Gasteiger partial charge >= 0.3 is 7.82 Å². The minimum Gasteiger partial charge on any atom is -0.356 e. The molecule has 0 fully saturated rings. The van der Waals surface area contributed by atoms with Crippen LogP contribution in [0.15, 0.2) is 23.6 Å². The van der Waals surface area contributed by atoms with Crippen molar-refractivity contribution in [3.05, 3.63) is 23.6 Å². The molecule has 0 aliphatic heterocycles. The number of rotatable bonds is 11. The number of phosphoric ester groups is 1. The maximum atomic E-state index is 12.3. The van der Waals surface area contributed by atoms with Crippen LogP contribution in [0.5, 0.6) is 0 Å². The first-order valence-electron chi connectivity index (χ1n) is 11.9. The molecule has 40 heavy (non-hydrogen) atoms. The SMILES string of the molecule is C=C=C=C(C#CC#CC#CC#CC#CC#CC#CC#CC#COP(=O)(OC)OCCCCCCNC(C)=O)CC. The molecule has 0 bridgehead atoms. The van der Waals surface area contributed by atoms with Crippen molar-refractivity contribution in [2.24, 2.45) is 0 Å². The number of phosphoric acid groups is 1. The Morgan fingerprint density at radius 3 is 1.75 bits per heavy atom. The summed E-state index contributed by atoms with van der Waals surface area (Å²) in [5, 5.41) is 2.72. The summed E-state index contributed by atoms with van der Waals surface area (Å²) < 4.78 is 27.1. The highest BCUT2D eigenvalue weighted by Crippen LogP contribution is 2.48. The number of carbonyl (C=O) groups is 1.